The molecule has 1 fully saturated rings. The fourth-order valence-corrected chi connectivity index (χ4v) is 3.73. The molecule has 0 spiro atoms. The number of hydrogen-bond acceptors (Lipinski definition) is 6. The Bertz CT molecular complexity index is 914. The summed E-state index contributed by atoms with van der Waals surface area (Å²) in [5.41, 5.74) is 3.30. The molecule has 0 unspecified atom stereocenters. The van der Waals surface area contributed by atoms with Crippen molar-refractivity contribution in [2.75, 3.05) is 46.9 Å². The third kappa shape index (κ3) is 5.20. The molecule has 1 saturated heterocycles. The van der Waals surface area contributed by atoms with E-state index >= 15 is 0 Å². The average Bonchev–Trinajstić information content (AvgIpc) is 3.27. The predicted molar refractivity (Wildman–Crippen MR) is 117 cm³/mol. The van der Waals surface area contributed by atoms with Crippen LogP contribution in [-0.4, -0.2) is 61.7 Å². The molecule has 1 aliphatic heterocycles. The summed E-state index contributed by atoms with van der Waals surface area (Å²) in [6.45, 7) is 6.18. The maximum absolute atomic E-state index is 5.69. The van der Waals surface area contributed by atoms with Gasteiger partial charge in [-0.05, 0) is 48.4 Å². The lowest BCUT2D eigenvalue weighted by Gasteiger charge is -2.34. The number of nitrogens with zero attached hydrogens (tertiary/aromatic N) is 3. The molecular weight excluding hydrogens is 378 g/mol. The molecule has 0 saturated carbocycles. The molecule has 30 heavy (non-hydrogen) atoms. The minimum absolute atomic E-state index is 0.658. The Labute approximate surface area is 178 Å². The van der Waals surface area contributed by atoms with Crippen LogP contribution in [0.4, 0.5) is 0 Å². The molecule has 3 aromatic rings. The zero-order chi connectivity index (χ0) is 20.8. The van der Waals surface area contributed by atoms with E-state index in [1.54, 1.807) is 20.5 Å². The topological polar surface area (TPSA) is 51.0 Å². The van der Waals surface area contributed by atoms with E-state index in [-0.39, 0.29) is 0 Å². The van der Waals surface area contributed by atoms with Crippen LogP contribution in [0.15, 0.2) is 59.2 Å². The first kappa shape index (κ1) is 20.4. The normalized spacial score (nSPS) is 15.3. The summed E-state index contributed by atoms with van der Waals surface area (Å²) < 4.78 is 16.1. The third-order valence-corrected chi connectivity index (χ3v) is 5.61. The number of aromatic nitrogens is 1. The van der Waals surface area contributed by atoms with E-state index in [2.05, 4.69) is 26.9 Å². The predicted octanol–water partition coefficient (Wildman–Crippen LogP) is 3.72. The van der Waals surface area contributed by atoms with Crippen molar-refractivity contribution in [1.82, 2.24) is 14.8 Å². The van der Waals surface area contributed by atoms with Gasteiger partial charge in [-0.15, -0.1) is 0 Å². The van der Waals surface area contributed by atoms with Crippen molar-refractivity contribution in [2.45, 2.75) is 13.0 Å². The molecule has 2 heterocycles. The second-order valence-corrected chi connectivity index (χ2v) is 7.59. The van der Waals surface area contributed by atoms with E-state index in [1.807, 2.05) is 36.4 Å². The Morgan fingerprint density at radius 2 is 1.43 bits per heavy atom. The van der Waals surface area contributed by atoms with Crippen molar-refractivity contribution in [2.24, 2.45) is 0 Å². The molecule has 4 rings (SSSR count). The average molecular weight is 408 g/mol. The van der Waals surface area contributed by atoms with Crippen LogP contribution in [0.1, 0.15) is 11.3 Å². The van der Waals surface area contributed by atoms with Gasteiger partial charge < -0.3 is 18.8 Å². The lowest BCUT2D eigenvalue weighted by atomic mass is 10.1. The first-order valence-electron chi connectivity index (χ1n) is 10.4. The van der Waals surface area contributed by atoms with Crippen LogP contribution in [0.2, 0.25) is 0 Å². The van der Waals surface area contributed by atoms with E-state index in [0.29, 0.717) is 5.89 Å². The molecule has 0 atom stereocenters. The van der Waals surface area contributed by atoms with Gasteiger partial charge in [0.15, 0.2) is 0 Å². The van der Waals surface area contributed by atoms with Crippen molar-refractivity contribution in [1.29, 1.82) is 0 Å². The highest BCUT2D eigenvalue weighted by atomic mass is 16.5. The van der Waals surface area contributed by atoms with Crippen LogP contribution in [0.5, 0.6) is 11.5 Å². The Morgan fingerprint density at radius 3 is 2.07 bits per heavy atom. The lowest BCUT2D eigenvalue weighted by molar-refractivity contribution is 0.127. The SMILES string of the molecule is COc1ccc(CCN2CCN(Cc3coc(-c4ccc(OC)cc4)n3)CC2)cc1. The zero-order valence-electron chi connectivity index (χ0n) is 17.7. The number of oxazole rings is 1. The summed E-state index contributed by atoms with van der Waals surface area (Å²) in [6, 6.07) is 16.2. The van der Waals surface area contributed by atoms with Gasteiger partial charge in [0.25, 0.3) is 0 Å². The van der Waals surface area contributed by atoms with Crippen LogP contribution in [0.3, 0.4) is 0 Å². The third-order valence-electron chi connectivity index (χ3n) is 5.61. The van der Waals surface area contributed by atoms with Gasteiger partial charge in [-0.3, -0.25) is 4.90 Å². The maximum atomic E-state index is 5.69. The van der Waals surface area contributed by atoms with E-state index in [0.717, 1.165) is 68.4 Å². The minimum Gasteiger partial charge on any atom is -0.497 e. The highest BCUT2D eigenvalue weighted by molar-refractivity contribution is 5.54. The molecular formula is C24H29N3O3. The highest BCUT2D eigenvalue weighted by Crippen LogP contribution is 2.22. The molecule has 0 aliphatic carbocycles. The van der Waals surface area contributed by atoms with Gasteiger partial charge in [0, 0.05) is 44.8 Å². The summed E-state index contributed by atoms with van der Waals surface area (Å²) >= 11 is 0. The second kappa shape index (κ2) is 9.78. The standard InChI is InChI=1S/C24H29N3O3/c1-28-22-7-3-19(4-8-22)11-12-26-13-15-27(16-14-26)17-21-18-30-24(25-21)20-5-9-23(29-2)10-6-20/h3-10,18H,11-17H2,1-2H3. The number of rotatable bonds is 8. The Balaban J connectivity index is 1.23. The highest BCUT2D eigenvalue weighted by Gasteiger charge is 2.18. The second-order valence-electron chi connectivity index (χ2n) is 7.59. The lowest BCUT2D eigenvalue weighted by Crippen LogP contribution is -2.46. The van der Waals surface area contributed by atoms with E-state index in [9.17, 15) is 0 Å². The zero-order valence-corrected chi connectivity index (χ0v) is 17.7. The number of hydrogen-bond donors (Lipinski definition) is 0. The maximum Gasteiger partial charge on any atom is 0.226 e. The molecule has 158 valence electrons. The molecule has 0 bridgehead atoms. The van der Waals surface area contributed by atoms with Gasteiger partial charge in [-0.25, -0.2) is 4.98 Å². The smallest absolute Gasteiger partial charge is 0.226 e. The largest absolute Gasteiger partial charge is 0.497 e. The quantitative estimate of drug-likeness (QED) is 0.567. The first-order valence-corrected chi connectivity index (χ1v) is 10.4. The molecule has 1 aliphatic rings. The van der Waals surface area contributed by atoms with Gasteiger partial charge in [-0.2, -0.15) is 0 Å². The van der Waals surface area contributed by atoms with Crippen LogP contribution in [0, 0.1) is 0 Å². The number of methoxy groups -OCH3 is 2. The van der Waals surface area contributed by atoms with Crippen LogP contribution in [0.25, 0.3) is 11.5 Å². The summed E-state index contributed by atoms with van der Waals surface area (Å²) in [5.74, 6) is 2.40. The number of ether oxygens (including phenoxy) is 2. The van der Waals surface area contributed by atoms with Crippen molar-refractivity contribution in [3.63, 3.8) is 0 Å². The van der Waals surface area contributed by atoms with Gasteiger partial charge in [0.1, 0.15) is 17.8 Å². The van der Waals surface area contributed by atoms with E-state index in [4.69, 9.17) is 13.9 Å². The van der Waals surface area contributed by atoms with Crippen molar-refractivity contribution >= 4 is 0 Å². The van der Waals surface area contributed by atoms with Crippen LogP contribution >= 0.6 is 0 Å². The Hall–Kier alpha value is -2.83. The Morgan fingerprint density at radius 1 is 0.833 bits per heavy atom. The van der Waals surface area contributed by atoms with Crippen LogP contribution in [-0.2, 0) is 13.0 Å². The van der Waals surface area contributed by atoms with Crippen molar-refractivity contribution < 1.29 is 13.9 Å². The fourth-order valence-electron chi connectivity index (χ4n) is 3.73. The fraction of sp³-hybridized carbons (Fsp3) is 0.375. The molecule has 0 radical (unpaired) electrons. The first-order chi connectivity index (χ1) is 14.7. The summed E-state index contributed by atoms with van der Waals surface area (Å²) in [7, 11) is 3.37. The Kier molecular flexibility index (Phi) is 6.67. The van der Waals surface area contributed by atoms with Gasteiger partial charge in [-0.1, -0.05) is 12.1 Å². The molecule has 1 aromatic heterocycles. The van der Waals surface area contributed by atoms with Gasteiger partial charge in [0.2, 0.25) is 5.89 Å². The van der Waals surface area contributed by atoms with E-state index in [1.165, 1.54) is 5.56 Å². The van der Waals surface area contributed by atoms with Crippen LogP contribution < -0.4 is 9.47 Å². The molecule has 2 aromatic carbocycles. The summed E-state index contributed by atoms with van der Waals surface area (Å²) in [5, 5.41) is 0. The van der Waals surface area contributed by atoms with Crippen molar-refractivity contribution in [3.8, 4) is 23.0 Å². The van der Waals surface area contributed by atoms with Crippen molar-refractivity contribution in [3.05, 3.63) is 66.1 Å². The summed E-state index contributed by atoms with van der Waals surface area (Å²) in [6.07, 6.45) is 2.84. The van der Waals surface area contributed by atoms with Gasteiger partial charge >= 0.3 is 0 Å². The summed E-state index contributed by atoms with van der Waals surface area (Å²) in [4.78, 5) is 9.64. The molecule has 6 nitrogen and oxygen atoms in total. The molecule has 6 heteroatoms. The monoisotopic (exact) mass is 407 g/mol. The minimum atomic E-state index is 0.658. The number of benzene rings is 2. The van der Waals surface area contributed by atoms with Gasteiger partial charge in [0.05, 0.1) is 19.9 Å². The van der Waals surface area contributed by atoms with E-state index < -0.39 is 0 Å². The molecule has 0 N–H and O–H groups in total. The number of piperazine rings is 1. The molecule has 0 amide bonds.